The molecule has 2 rings (SSSR count). The normalized spacial score (nSPS) is 25.5. The van der Waals surface area contributed by atoms with Crippen molar-refractivity contribution in [2.24, 2.45) is 10.7 Å². The molecule has 0 aliphatic carbocycles. The molecule has 1 unspecified atom stereocenters. The van der Waals surface area contributed by atoms with Crippen LogP contribution in [-0.2, 0) is 5.54 Å². The van der Waals surface area contributed by atoms with E-state index in [-0.39, 0.29) is 11.3 Å². The summed E-state index contributed by atoms with van der Waals surface area (Å²) in [5.74, 6) is 0.836. The number of hydrogen-bond donors (Lipinski definition) is 2. The van der Waals surface area contributed by atoms with Gasteiger partial charge in [-0.2, -0.15) is 0 Å². The van der Waals surface area contributed by atoms with Crippen LogP contribution in [0.1, 0.15) is 12.5 Å². The molecule has 0 amide bonds. The van der Waals surface area contributed by atoms with E-state index in [4.69, 9.17) is 5.73 Å². The molecule has 1 aromatic carbocycles. The molecule has 1 heterocycles. The van der Waals surface area contributed by atoms with E-state index in [0.29, 0.717) is 12.5 Å². The number of rotatable bonds is 1. The van der Waals surface area contributed by atoms with Crippen LogP contribution in [0.25, 0.3) is 0 Å². The van der Waals surface area contributed by atoms with Crippen molar-refractivity contribution in [1.82, 2.24) is 4.90 Å². The summed E-state index contributed by atoms with van der Waals surface area (Å²) in [6.07, 6.45) is 0. The van der Waals surface area contributed by atoms with Crippen molar-refractivity contribution < 1.29 is 5.11 Å². The van der Waals surface area contributed by atoms with Crippen molar-refractivity contribution in [2.75, 3.05) is 13.6 Å². The molecule has 1 aliphatic rings. The fourth-order valence-corrected chi connectivity index (χ4v) is 1.81. The molecule has 0 bridgehead atoms. The van der Waals surface area contributed by atoms with Gasteiger partial charge in [-0.05, 0) is 24.6 Å². The second-order valence-electron chi connectivity index (χ2n) is 4.05. The van der Waals surface area contributed by atoms with E-state index in [1.165, 1.54) is 0 Å². The maximum absolute atomic E-state index is 9.23. The minimum atomic E-state index is -0.197. The van der Waals surface area contributed by atoms with Crippen LogP contribution in [0.15, 0.2) is 29.3 Å². The molecule has 4 heteroatoms. The van der Waals surface area contributed by atoms with Gasteiger partial charge in [0, 0.05) is 7.05 Å². The number of phenolic OH excluding ortho intramolecular Hbond substituents is 1. The highest BCUT2D eigenvalue weighted by Gasteiger charge is 2.36. The highest BCUT2D eigenvalue weighted by atomic mass is 16.3. The minimum absolute atomic E-state index is 0.197. The number of nitrogens with zero attached hydrogens (tertiary/aromatic N) is 2. The Balaban J connectivity index is 2.35. The van der Waals surface area contributed by atoms with Crippen LogP contribution in [0, 0.1) is 0 Å². The highest BCUT2D eigenvalue weighted by molar-refractivity contribution is 5.81. The van der Waals surface area contributed by atoms with Crippen LogP contribution >= 0.6 is 0 Å². The van der Waals surface area contributed by atoms with Gasteiger partial charge < -0.3 is 15.7 Å². The average Bonchev–Trinajstić information content (AvgIpc) is 2.48. The maximum atomic E-state index is 9.23. The first-order chi connectivity index (χ1) is 7.04. The fraction of sp³-hybridized carbons (Fsp3) is 0.364. The molecule has 0 saturated carbocycles. The van der Waals surface area contributed by atoms with Crippen molar-refractivity contribution in [3.05, 3.63) is 29.8 Å². The Labute approximate surface area is 89.0 Å². The second-order valence-corrected chi connectivity index (χ2v) is 4.05. The van der Waals surface area contributed by atoms with Gasteiger partial charge >= 0.3 is 0 Å². The van der Waals surface area contributed by atoms with Crippen LogP contribution in [0.4, 0.5) is 0 Å². The Morgan fingerprint density at radius 2 is 2.00 bits per heavy atom. The van der Waals surface area contributed by atoms with Gasteiger partial charge in [0.15, 0.2) is 5.96 Å². The molecule has 15 heavy (non-hydrogen) atoms. The lowest BCUT2D eigenvalue weighted by Gasteiger charge is -2.33. The zero-order valence-electron chi connectivity index (χ0n) is 8.94. The molecular weight excluding hydrogens is 190 g/mol. The summed E-state index contributed by atoms with van der Waals surface area (Å²) < 4.78 is 0. The van der Waals surface area contributed by atoms with Gasteiger partial charge in [0.05, 0.1) is 12.1 Å². The lowest BCUT2D eigenvalue weighted by molar-refractivity contribution is 0.267. The van der Waals surface area contributed by atoms with Crippen molar-refractivity contribution in [2.45, 2.75) is 12.5 Å². The van der Waals surface area contributed by atoms with Gasteiger partial charge in [0.1, 0.15) is 5.75 Å². The van der Waals surface area contributed by atoms with E-state index in [1.54, 1.807) is 12.1 Å². The van der Waals surface area contributed by atoms with Gasteiger partial charge in [-0.15, -0.1) is 0 Å². The van der Waals surface area contributed by atoms with Gasteiger partial charge in [-0.25, -0.2) is 0 Å². The Bertz CT molecular complexity index is 399. The van der Waals surface area contributed by atoms with E-state index < -0.39 is 0 Å². The number of aromatic hydroxyl groups is 1. The summed E-state index contributed by atoms with van der Waals surface area (Å²) in [6.45, 7) is 2.74. The standard InChI is InChI=1S/C11H15N3O/c1-11(7-13-10(12)14(11)2)8-3-5-9(15)6-4-8/h3-6,15H,7H2,1-2H3,(H2,12,13). The van der Waals surface area contributed by atoms with Crippen LogP contribution in [0.2, 0.25) is 0 Å². The van der Waals surface area contributed by atoms with Gasteiger partial charge in [0.2, 0.25) is 0 Å². The molecule has 0 fully saturated rings. The molecule has 1 aliphatic heterocycles. The summed E-state index contributed by atoms with van der Waals surface area (Å²) in [5.41, 5.74) is 6.65. The van der Waals surface area contributed by atoms with Crippen LogP contribution in [0.5, 0.6) is 5.75 Å². The van der Waals surface area contributed by atoms with Gasteiger partial charge in [0.25, 0.3) is 0 Å². The summed E-state index contributed by atoms with van der Waals surface area (Å²) in [5, 5.41) is 9.23. The molecule has 1 atom stereocenters. The zero-order chi connectivity index (χ0) is 11.1. The van der Waals surface area contributed by atoms with E-state index >= 15 is 0 Å². The van der Waals surface area contributed by atoms with E-state index in [0.717, 1.165) is 5.56 Å². The average molecular weight is 205 g/mol. The predicted molar refractivity (Wildman–Crippen MR) is 59.7 cm³/mol. The Morgan fingerprint density at radius 3 is 2.47 bits per heavy atom. The largest absolute Gasteiger partial charge is 0.508 e. The molecule has 0 aromatic heterocycles. The smallest absolute Gasteiger partial charge is 0.191 e. The zero-order valence-corrected chi connectivity index (χ0v) is 8.94. The van der Waals surface area contributed by atoms with Crippen molar-refractivity contribution in [1.29, 1.82) is 0 Å². The minimum Gasteiger partial charge on any atom is -0.508 e. The van der Waals surface area contributed by atoms with Crippen molar-refractivity contribution >= 4 is 5.96 Å². The summed E-state index contributed by atoms with van der Waals surface area (Å²) in [4.78, 5) is 6.18. The van der Waals surface area contributed by atoms with Crippen LogP contribution in [-0.4, -0.2) is 29.6 Å². The third kappa shape index (κ3) is 1.42. The number of benzene rings is 1. The molecule has 0 saturated heterocycles. The molecule has 0 radical (unpaired) electrons. The second kappa shape index (κ2) is 3.15. The Kier molecular flexibility index (Phi) is 2.07. The van der Waals surface area contributed by atoms with Gasteiger partial charge in [-0.1, -0.05) is 12.1 Å². The fourth-order valence-electron chi connectivity index (χ4n) is 1.81. The first-order valence-corrected chi connectivity index (χ1v) is 4.87. The Morgan fingerprint density at radius 1 is 1.40 bits per heavy atom. The number of nitrogens with two attached hydrogens (primary N) is 1. The summed E-state index contributed by atoms with van der Waals surface area (Å²) >= 11 is 0. The molecule has 1 aromatic rings. The quantitative estimate of drug-likeness (QED) is 0.715. The first-order valence-electron chi connectivity index (χ1n) is 4.87. The monoisotopic (exact) mass is 205 g/mol. The van der Waals surface area contributed by atoms with Crippen molar-refractivity contribution in [3.63, 3.8) is 0 Å². The van der Waals surface area contributed by atoms with Crippen LogP contribution in [0.3, 0.4) is 0 Å². The van der Waals surface area contributed by atoms with Crippen molar-refractivity contribution in [3.8, 4) is 5.75 Å². The highest BCUT2D eigenvalue weighted by Crippen LogP contribution is 2.31. The third-order valence-corrected chi connectivity index (χ3v) is 3.12. The molecule has 80 valence electrons. The van der Waals surface area contributed by atoms with Gasteiger partial charge in [-0.3, -0.25) is 4.99 Å². The molecular formula is C11H15N3O. The lowest BCUT2D eigenvalue weighted by atomic mass is 9.91. The van der Waals surface area contributed by atoms with E-state index in [2.05, 4.69) is 11.9 Å². The summed E-state index contributed by atoms with van der Waals surface area (Å²) in [6, 6.07) is 7.17. The number of likely N-dealkylation sites (N-methyl/N-ethyl adjacent to an activating group) is 1. The molecule has 0 spiro atoms. The van der Waals surface area contributed by atoms with E-state index in [1.807, 2.05) is 24.1 Å². The number of guanidine groups is 1. The molecule has 4 nitrogen and oxygen atoms in total. The number of phenols is 1. The van der Waals surface area contributed by atoms with Crippen LogP contribution < -0.4 is 5.73 Å². The van der Waals surface area contributed by atoms with E-state index in [9.17, 15) is 5.11 Å². The first kappa shape index (κ1) is 9.83. The molecule has 3 N–H and O–H groups in total. The summed E-state index contributed by atoms with van der Waals surface area (Å²) in [7, 11) is 1.93. The topological polar surface area (TPSA) is 61.8 Å². The SMILES string of the molecule is CN1C(N)=NCC1(C)c1ccc(O)cc1. The third-order valence-electron chi connectivity index (χ3n) is 3.12. The number of aliphatic imine (C=N–C) groups is 1. The Hall–Kier alpha value is -1.71. The predicted octanol–water partition coefficient (Wildman–Crippen LogP) is 0.868. The number of hydrogen-bond acceptors (Lipinski definition) is 4. The maximum Gasteiger partial charge on any atom is 0.191 e. The lowest BCUT2D eigenvalue weighted by Crippen LogP contribution is -2.44.